The van der Waals surface area contributed by atoms with E-state index in [1.165, 1.54) is 0 Å². The van der Waals surface area contributed by atoms with Crippen molar-refractivity contribution in [3.63, 3.8) is 0 Å². The van der Waals surface area contributed by atoms with Gasteiger partial charge < -0.3 is 0 Å². The van der Waals surface area contributed by atoms with E-state index >= 15 is 0 Å². The van der Waals surface area contributed by atoms with Crippen molar-refractivity contribution in [3.8, 4) is 0 Å². The minimum Gasteiger partial charge on any atom is -0.294 e. The zero-order valence-corrected chi connectivity index (χ0v) is 16.4. The van der Waals surface area contributed by atoms with Gasteiger partial charge in [0.25, 0.3) is 0 Å². The summed E-state index contributed by atoms with van der Waals surface area (Å²) in [7, 11) is 4.20. The first-order valence-electron chi connectivity index (χ1n) is 9.64. The molecule has 1 unspecified atom stereocenters. The highest BCUT2D eigenvalue weighted by Gasteiger charge is 2.55. The molecule has 28 heavy (non-hydrogen) atoms. The van der Waals surface area contributed by atoms with Crippen LogP contribution in [0, 0.1) is 0 Å². The molecule has 1 aliphatic heterocycles. The van der Waals surface area contributed by atoms with Crippen LogP contribution in [0.2, 0.25) is 0 Å². The fourth-order valence-electron chi connectivity index (χ4n) is 4.21. The SMILES string of the molecule is C[N+]1(C)N=C(c2ccccc2)CC1(CC(=O)c1ccccc1)c1ccccc1. The van der Waals surface area contributed by atoms with Gasteiger partial charge in [-0.3, -0.25) is 4.79 Å². The largest absolute Gasteiger partial charge is 0.294 e. The van der Waals surface area contributed by atoms with Crippen LogP contribution in [-0.2, 0) is 5.54 Å². The van der Waals surface area contributed by atoms with E-state index in [0.29, 0.717) is 11.0 Å². The molecule has 0 fully saturated rings. The zero-order valence-electron chi connectivity index (χ0n) is 16.4. The Hall–Kier alpha value is -3.04. The maximum Gasteiger partial charge on any atom is 0.169 e. The number of carbonyl (C=O) groups excluding carboxylic acids is 1. The van der Waals surface area contributed by atoms with Crippen LogP contribution in [0.1, 0.15) is 34.3 Å². The topological polar surface area (TPSA) is 29.4 Å². The van der Waals surface area contributed by atoms with Gasteiger partial charge in [-0.25, -0.2) is 0 Å². The Balaban J connectivity index is 1.78. The molecule has 1 aliphatic rings. The highest BCUT2D eigenvalue weighted by atomic mass is 16.1. The molecule has 0 radical (unpaired) electrons. The van der Waals surface area contributed by atoms with E-state index in [9.17, 15) is 4.79 Å². The number of Topliss-reactive ketones (excluding diaryl/α,β-unsaturated/α-hetero) is 1. The van der Waals surface area contributed by atoms with Crippen molar-refractivity contribution in [3.05, 3.63) is 108 Å². The lowest BCUT2D eigenvalue weighted by atomic mass is 9.78. The van der Waals surface area contributed by atoms with Crippen molar-refractivity contribution in [1.29, 1.82) is 0 Å². The van der Waals surface area contributed by atoms with Crippen molar-refractivity contribution >= 4 is 11.5 Å². The normalized spacial score (nSPS) is 20.6. The molecule has 3 aromatic rings. The number of hydrogen-bond donors (Lipinski definition) is 0. The summed E-state index contributed by atoms with van der Waals surface area (Å²) in [6, 6.07) is 30.2. The molecule has 3 nitrogen and oxygen atoms in total. The monoisotopic (exact) mass is 369 g/mol. The quantitative estimate of drug-likeness (QED) is 0.458. The molecule has 4 rings (SSSR count). The third-order valence-electron chi connectivity index (χ3n) is 5.85. The zero-order chi connectivity index (χ0) is 19.6. The van der Waals surface area contributed by atoms with E-state index in [4.69, 9.17) is 5.10 Å². The third-order valence-corrected chi connectivity index (χ3v) is 5.85. The Morgan fingerprint density at radius 2 is 1.39 bits per heavy atom. The summed E-state index contributed by atoms with van der Waals surface area (Å²) in [5.74, 6) is 0.153. The average Bonchev–Trinajstić information content (AvgIpc) is 3.01. The van der Waals surface area contributed by atoms with Crippen LogP contribution in [0.25, 0.3) is 0 Å². The van der Waals surface area contributed by atoms with Crippen LogP contribution >= 0.6 is 0 Å². The summed E-state index contributed by atoms with van der Waals surface area (Å²) in [5.41, 5.74) is 3.65. The second-order valence-corrected chi connectivity index (χ2v) is 7.85. The Labute approximate surface area is 166 Å². The summed E-state index contributed by atoms with van der Waals surface area (Å²) in [4.78, 5) is 13.2. The number of ketones is 1. The van der Waals surface area contributed by atoms with Gasteiger partial charge in [0.15, 0.2) is 11.3 Å². The standard InChI is InChI=1S/C25H25N2O/c1-27(2)25(22-16-10-5-11-17-22,19-24(28)21-14-8-4-9-15-21)18-23(26-27)20-12-6-3-7-13-20/h3-17H,18-19H2,1-2H3/q+1. The first-order chi connectivity index (χ1) is 13.5. The van der Waals surface area contributed by atoms with Crippen LogP contribution in [0.4, 0.5) is 0 Å². The van der Waals surface area contributed by atoms with E-state index in [1.54, 1.807) is 0 Å². The molecule has 140 valence electrons. The number of nitrogens with zero attached hydrogens (tertiary/aromatic N) is 2. The first-order valence-corrected chi connectivity index (χ1v) is 9.64. The van der Waals surface area contributed by atoms with Crippen molar-refractivity contribution < 1.29 is 9.39 Å². The Kier molecular flexibility index (Phi) is 4.70. The molecule has 0 saturated carbocycles. The fourth-order valence-corrected chi connectivity index (χ4v) is 4.21. The fraction of sp³-hybridized carbons (Fsp3) is 0.200. The van der Waals surface area contributed by atoms with Gasteiger partial charge in [-0.15, -0.1) is 0 Å². The minimum absolute atomic E-state index is 0.153. The Morgan fingerprint density at radius 1 is 0.857 bits per heavy atom. The summed E-state index contributed by atoms with van der Waals surface area (Å²) in [6.07, 6.45) is 1.14. The second-order valence-electron chi connectivity index (χ2n) is 7.85. The van der Waals surface area contributed by atoms with E-state index < -0.39 is 5.54 Å². The molecule has 1 atom stereocenters. The number of carbonyl (C=O) groups is 1. The van der Waals surface area contributed by atoms with Gasteiger partial charge in [-0.2, -0.15) is 4.59 Å². The maximum atomic E-state index is 13.2. The predicted molar refractivity (Wildman–Crippen MR) is 113 cm³/mol. The molecular formula is C25H25N2O+. The minimum atomic E-state index is -0.431. The lowest BCUT2D eigenvalue weighted by Gasteiger charge is -2.39. The first kappa shape index (κ1) is 18.3. The van der Waals surface area contributed by atoms with E-state index in [0.717, 1.165) is 28.8 Å². The van der Waals surface area contributed by atoms with Crippen molar-refractivity contribution in [1.82, 2.24) is 0 Å². The highest BCUT2D eigenvalue weighted by molar-refractivity contribution is 6.03. The number of rotatable bonds is 5. The molecular weight excluding hydrogens is 344 g/mol. The molecule has 3 heteroatoms. The molecule has 0 aliphatic carbocycles. The van der Waals surface area contributed by atoms with Crippen LogP contribution in [0.15, 0.2) is 96.1 Å². The molecule has 0 bridgehead atoms. The van der Waals surface area contributed by atoms with Crippen LogP contribution in [0.5, 0.6) is 0 Å². The molecule has 0 saturated heterocycles. The van der Waals surface area contributed by atoms with Gasteiger partial charge in [0.05, 0.1) is 26.9 Å². The van der Waals surface area contributed by atoms with Crippen LogP contribution < -0.4 is 0 Å². The summed E-state index contributed by atoms with van der Waals surface area (Å²) in [5, 5.41) is 5.07. The number of hydrogen-bond acceptors (Lipinski definition) is 2. The lowest BCUT2D eigenvalue weighted by Crippen LogP contribution is -2.51. The summed E-state index contributed by atoms with van der Waals surface area (Å²) >= 11 is 0. The average molecular weight is 369 g/mol. The van der Waals surface area contributed by atoms with Crippen molar-refractivity contribution in [2.75, 3.05) is 14.1 Å². The van der Waals surface area contributed by atoms with Gasteiger partial charge in [0.1, 0.15) is 5.71 Å². The van der Waals surface area contributed by atoms with Gasteiger partial charge in [0.2, 0.25) is 0 Å². The highest BCUT2D eigenvalue weighted by Crippen LogP contribution is 2.46. The van der Waals surface area contributed by atoms with E-state index in [2.05, 4.69) is 38.4 Å². The Bertz CT molecular complexity index is 994. The van der Waals surface area contributed by atoms with E-state index in [1.807, 2.05) is 66.7 Å². The van der Waals surface area contributed by atoms with Gasteiger partial charge in [-0.1, -0.05) is 96.1 Å². The van der Waals surface area contributed by atoms with Crippen LogP contribution in [0.3, 0.4) is 0 Å². The number of quaternary nitrogens is 1. The molecule has 0 amide bonds. The predicted octanol–water partition coefficient (Wildman–Crippen LogP) is 5.04. The van der Waals surface area contributed by atoms with Gasteiger partial charge >= 0.3 is 0 Å². The number of benzene rings is 3. The van der Waals surface area contributed by atoms with Gasteiger partial charge in [0, 0.05) is 16.7 Å². The molecule has 3 aromatic carbocycles. The molecule has 0 aromatic heterocycles. The van der Waals surface area contributed by atoms with Crippen LogP contribution in [-0.4, -0.2) is 30.2 Å². The smallest absolute Gasteiger partial charge is 0.169 e. The second kappa shape index (κ2) is 7.17. The van der Waals surface area contributed by atoms with E-state index in [-0.39, 0.29) is 5.78 Å². The molecule has 0 spiro atoms. The molecule has 1 heterocycles. The Morgan fingerprint density at radius 3 is 2.00 bits per heavy atom. The summed E-state index contributed by atoms with van der Waals surface area (Å²) in [6.45, 7) is 0. The molecule has 0 N–H and O–H groups in total. The maximum absolute atomic E-state index is 13.2. The van der Waals surface area contributed by atoms with Crippen molar-refractivity contribution in [2.45, 2.75) is 18.4 Å². The van der Waals surface area contributed by atoms with Gasteiger partial charge in [-0.05, 0) is 0 Å². The summed E-state index contributed by atoms with van der Waals surface area (Å²) < 4.78 is 0.403. The lowest BCUT2D eigenvalue weighted by molar-refractivity contribution is -0.949. The third kappa shape index (κ3) is 3.19. The van der Waals surface area contributed by atoms with Crippen molar-refractivity contribution in [2.24, 2.45) is 5.10 Å².